The maximum atomic E-state index is 3.78. The number of unbranched alkanes of at least 4 members (excludes halogenated alkanes) is 3. The molecule has 0 fully saturated rings. The smallest absolute Gasteiger partial charge is 0.0412 e. The molecule has 0 saturated carbocycles. The lowest BCUT2D eigenvalue weighted by atomic mass is 10.1. The van der Waals surface area contributed by atoms with Gasteiger partial charge in [0, 0.05) is 21.5 Å². The van der Waals surface area contributed by atoms with E-state index in [2.05, 4.69) is 36.8 Å². The predicted molar refractivity (Wildman–Crippen MR) is 89.3 cm³/mol. The van der Waals surface area contributed by atoms with Crippen molar-refractivity contribution in [1.82, 2.24) is 5.32 Å². The summed E-state index contributed by atoms with van der Waals surface area (Å²) >= 11 is 4.12. The molecule has 0 bridgehead atoms. The molecule has 0 amide bonds. The van der Waals surface area contributed by atoms with Gasteiger partial charge in [0.25, 0.3) is 0 Å². The molecule has 0 radical (unpaired) electrons. The molecule has 1 N–H and O–H groups in total. The van der Waals surface area contributed by atoms with Crippen molar-refractivity contribution in [2.45, 2.75) is 50.3 Å². The second-order valence-electron chi connectivity index (χ2n) is 5.17. The van der Waals surface area contributed by atoms with Gasteiger partial charge in [0.15, 0.2) is 0 Å². The zero-order valence-electron chi connectivity index (χ0n) is 11.9. The van der Waals surface area contributed by atoms with Crippen molar-refractivity contribution in [2.24, 2.45) is 0 Å². The van der Waals surface area contributed by atoms with Gasteiger partial charge in [0.2, 0.25) is 0 Å². The molecule has 1 aliphatic heterocycles. The Bertz CT molecular complexity index is 374. The largest absolute Gasteiger partial charge is 0.312 e. The first kappa shape index (κ1) is 15.1. The number of thioether (sulfide) groups is 1. The van der Waals surface area contributed by atoms with Crippen molar-refractivity contribution in [3.63, 3.8) is 0 Å². The van der Waals surface area contributed by atoms with E-state index in [9.17, 15) is 0 Å². The molecule has 1 aromatic rings. The van der Waals surface area contributed by atoms with E-state index in [1.165, 1.54) is 43.6 Å². The van der Waals surface area contributed by atoms with E-state index in [1.54, 1.807) is 15.3 Å². The predicted octanol–water partition coefficient (Wildman–Crippen LogP) is 4.93. The normalized spacial score (nSPS) is 16.1. The summed E-state index contributed by atoms with van der Waals surface area (Å²) in [6.45, 7) is 3.78. The van der Waals surface area contributed by atoms with E-state index in [-0.39, 0.29) is 0 Å². The Morgan fingerprint density at radius 2 is 2.32 bits per heavy atom. The first-order chi connectivity index (χ1) is 9.35. The Hall–Kier alpha value is -0.250. The highest BCUT2D eigenvalue weighted by Crippen LogP contribution is 2.35. The number of aryl methyl sites for hydroxylation is 1. The van der Waals surface area contributed by atoms with Crippen LogP contribution >= 0.6 is 23.1 Å². The molecule has 3 heteroatoms. The number of hydrogen-bond acceptors (Lipinski definition) is 3. The maximum absolute atomic E-state index is 3.78. The number of allylic oxidation sites excluding steroid dienone is 1. The highest BCUT2D eigenvalue weighted by Gasteiger charge is 2.18. The van der Waals surface area contributed by atoms with Gasteiger partial charge in [0.1, 0.15) is 0 Å². The topological polar surface area (TPSA) is 12.0 Å². The van der Waals surface area contributed by atoms with Gasteiger partial charge in [-0.1, -0.05) is 18.9 Å². The molecule has 1 nitrogen and oxygen atoms in total. The molecule has 1 atom stereocenters. The molecular weight excluding hydrogens is 270 g/mol. The standard InChI is InChI=1S/C16H25NS2/c1-3-4-5-6-7-8-14(17-2)16-11-13-12-18-10-9-15(13)19-16/h3,11,14,17H,1,4-10,12H2,2H3. The first-order valence-corrected chi connectivity index (χ1v) is 9.29. The van der Waals surface area contributed by atoms with Crippen LogP contribution in [0.2, 0.25) is 0 Å². The van der Waals surface area contributed by atoms with Crippen LogP contribution in [0.25, 0.3) is 0 Å². The van der Waals surface area contributed by atoms with Gasteiger partial charge >= 0.3 is 0 Å². The summed E-state index contributed by atoms with van der Waals surface area (Å²) in [7, 11) is 2.10. The second kappa shape index (κ2) is 8.13. The molecular formula is C16H25NS2. The third-order valence-corrected chi connectivity index (χ3v) is 6.10. The van der Waals surface area contributed by atoms with Crippen LogP contribution in [-0.2, 0) is 12.2 Å². The van der Waals surface area contributed by atoms with Crippen LogP contribution < -0.4 is 5.32 Å². The first-order valence-electron chi connectivity index (χ1n) is 7.32. The molecule has 0 aromatic carbocycles. The van der Waals surface area contributed by atoms with Gasteiger partial charge in [-0.05, 0) is 50.1 Å². The lowest BCUT2D eigenvalue weighted by Crippen LogP contribution is -2.14. The molecule has 1 aromatic heterocycles. The van der Waals surface area contributed by atoms with Gasteiger partial charge in [-0.2, -0.15) is 11.8 Å². The number of fused-ring (bicyclic) bond motifs is 1. The summed E-state index contributed by atoms with van der Waals surface area (Å²) in [5.41, 5.74) is 1.60. The Balaban J connectivity index is 1.86. The summed E-state index contributed by atoms with van der Waals surface area (Å²) in [6.07, 6.45) is 9.66. The molecule has 2 rings (SSSR count). The summed E-state index contributed by atoms with van der Waals surface area (Å²) in [4.78, 5) is 3.19. The van der Waals surface area contributed by atoms with Crippen LogP contribution in [0.4, 0.5) is 0 Å². The highest BCUT2D eigenvalue weighted by molar-refractivity contribution is 7.98. The average molecular weight is 296 g/mol. The van der Waals surface area contributed by atoms with E-state index in [0.29, 0.717) is 6.04 Å². The Kier molecular flexibility index (Phi) is 6.48. The summed E-state index contributed by atoms with van der Waals surface area (Å²) < 4.78 is 0. The van der Waals surface area contributed by atoms with E-state index in [1.807, 2.05) is 17.4 Å². The maximum Gasteiger partial charge on any atom is 0.0412 e. The van der Waals surface area contributed by atoms with E-state index < -0.39 is 0 Å². The molecule has 0 saturated heterocycles. The minimum atomic E-state index is 0.560. The average Bonchev–Trinajstić information content (AvgIpc) is 2.86. The van der Waals surface area contributed by atoms with E-state index in [0.717, 1.165) is 6.42 Å². The number of rotatable bonds is 8. The third kappa shape index (κ3) is 4.37. The number of hydrogen-bond donors (Lipinski definition) is 1. The van der Waals surface area contributed by atoms with Gasteiger partial charge in [-0.25, -0.2) is 0 Å². The molecule has 0 spiro atoms. The lowest BCUT2D eigenvalue weighted by Gasteiger charge is -2.14. The van der Waals surface area contributed by atoms with Crippen molar-refractivity contribution in [3.8, 4) is 0 Å². The van der Waals surface area contributed by atoms with Crippen LogP contribution in [0.5, 0.6) is 0 Å². The molecule has 2 heterocycles. The van der Waals surface area contributed by atoms with Crippen molar-refractivity contribution < 1.29 is 0 Å². The van der Waals surface area contributed by atoms with E-state index >= 15 is 0 Å². The number of nitrogens with one attached hydrogen (secondary N) is 1. The van der Waals surface area contributed by atoms with Gasteiger partial charge in [-0.3, -0.25) is 0 Å². The zero-order valence-corrected chi connectivity index (χ0v) is 13.5. The summed E-state index contributed by atoms with van der Waals surface area (Å²) in [6, 6.07) is 3.01. The third-order valence-electron chi connectivity index (χ3n) is 3.74. The van der Waals surface area contributed by atoms with Gasteiger partial charge < -0.3 is 5.32 Å². The van der Waals surface area contributed by atoms with Gasteiger partial charge in [-0.15, -0.1) is 17.9 Å². The zero-order chi connectivity index (χ0) is 13.5. The van der Waals surface area contributed by atoms with Crippen LogP contribution in [0.1, 0.15) is 53.5 Å². The fourth-order valence-corrected chi connectivity index (χ4v) is 5.11. The minimum absolute atomic E-state index is 0.560. The monoisotopic (exact) mass is 295 g/mol. The molecule has 1 unspecified atom stereocenters. The lowest BCUT2D eigenvalue weighted by molar-refractivity contribution is 0.514. The molecule has 106 valence electrons. The van der Waals surface area contributed by atoms with Crippen LogP contribution in [-0.4, -0.2) is 12.8 Å². The van der Waals surface area contributed by atoms with Crippen LogP contribution in [0.3, 0.4) is 0 Å². The Morgan fingerprint density at radius 1 is 1.42 bits per heavy atom. The van der Waals surface area contributed by atoms with Crippen molar-refractivity contribution in [2.75, 3.05) is 12.8 Å². The second-order valence-corrected chi connectivity index (χ2v) is 7.44. The highest BCUT2D eigenvalue weighted by atomic mass is 32.2. The number of thiophene rings is 1. The minimum Gasteiger partial charge on any atom is -0.312 e. The fourth-order valence-electron chi connectivity index (χ4n) is 2.58. The van der Waals surface area contributed by atoms with Crippen LogP contribution in [0, 0.1) is 0 Å². The van der Waals surface area contributed by atoms with Crippen molar-refractivity contribution in [1.29, 1.82) is 0 Å². The van der Waals surface area contributed by atoms with Crippen molar-refractivity contribution >= 4 is 23.1 Å². The quantitative estimate of drug-likeness (QED) is 0.539. The SMILES string of the molecule is C=CCCCCCC(NC)c1cc2c(s1)CCSC2. The molecule has 1 aliphatic rings. The van der Waals surface area contributed by atoms with E-state index in [4.69, 9.17) is 0 Å². The Labute approximate surface area is 125 Å². The fraction of sp³-hybridized carbons (Fsp3) is 0.625. The van der Waals surface area contributed by atoms with Crippen molar-refractivity contribution in [3.05, 3.63) is 34.0 Å². The Morgan fingerprint density at radius 3 is 3.05 bits per heavy atom. The molecule has 19 heavy (non-hydrogen) atoms. The summed E-state index contributed by atoms with van der Waals surface area (Å²) in [5, 5.41) is 3.50. The van der Waals surface area contributed by atoms with Crippen LogP contribution in [0.15, 0.2) is 18.7 Å². The molecule has 0 aliphatic carbocycles. The summed E-state index contributed by atoms with van der Waals surface area (Å²) in [5.74, 6) is 2.53. The van der Waals surface area contributed by atoms with Gasteiger partial charge in [0.05, 0.1) is 0 Å².